The van der Waals surface area contributed by atoms with Gasteiger partial charge in [0.2, 0.25) is 11.8 Å². The molecular formula is C19H31N3O2. The minimum absolute atomic E-state index is 0.138. The van der Waals surface area contributed by atoms with Gasteiger partial charge in [-0.1, -0.05) is 46.8 Å². The number of amides is 2. The highest BCUT2D eigenvalue weighted by atomic mass is 16.2. The third kappa shape index (κ3) is 6.32. The Bertz CT molecular complexity index is 560. The van der Waals surface area contributed by atoms with Gasteiger partial charge in [-0.25, -0.2) is 0 Å². The second-order valence-corrected chi connectivity index (χ2v) is 7.10. The fourth-order valence-electron chi connectivity index (χ4n) is 2.18. The molecule has 0 bridgehead atoms. The van der Waals surface area contributed by atoms with E-state index < -0.39 is 11.5 Å². The van der Waals surface area contributed by atoms with Crippen molar-refractivity contribution < 1.29 is 9.59 Å². The van der Waals surface area contributed by atoms with Crippen LogP contribution in [-0.4, -0.2) is 35.8 Å². The number of nitrogens with zero attached hydrogens (tertiary/aromatic N) is 1. The van der Waals surface area contributed by atoms with E-state index in [2.05, 4.69) is 35.4 Å². The minimum atomic E-state index is -0.580. The van der Waals surface area contributed by atoms with E-state index in [1.165, 1.54) is 0 Å². The van der Waals surface area contributed by atoms with Crippen LogP contribution in [0, 0.1) is 5.41 Å². The lowest BCUT2D eigenvalue weighted by atomic mass is 9.95. The van der Waals surface area contributed by atoms with E-state index in [1.54, 1.807) is 6.92 Å². The lowest BCUT2D eigenvalue weighted by molar-refractivity contribution is -0.131. The number of benzene rings is 1. The summed E-state index contributed by atoms with van der Waals surface area (Å²) in [4.78, 5) is 26.6. The van der Waals surface area contributed by atoms with Crippen LogP contribution in [0.15, 0.2) is 24.3 Å². The number of rotatable bonds is 7. The van der Waals surface area contributed by atoms with Crippen LogP contribution in [0.4, 0.5) is 5.69 Å². The van der Waals surface area contributed by atoms with Crippen LogP contribution < -0.4 is 10.6 Å². The molecule has 2 amide bonds. The smallest absolute Gasteiger partial charge is 0.246 e. The molecule has 5 heteroatoms. The highest BCUT2D eigenvalue weighted by Gasteiger charge is 2.25. The van der Waals surface area contributed by atoms with Crippen LogP contribution in [0.25, 0.3) is 0 Å². The predicted molar refractivity (Wildman–Crippen MR) is 98.8 cm³/mol. The fourth-order valence-corrected chi connectivity index (χ4v) is 2.18. The molecule has 5 nitrogen and oxygen atoms in total. The van der Waals surface area contributed by atoms with Gasteiger partial charge in [-0.3, -0.25) is 14.5 Å². The maximum absolute atomic E-state index is 12.3. The molecule has 1 aromatic rings. The number of carbonyl (C=O) groups excluding carboxylic acids is 2. The van der Waals surface area contributed by atoms with Gasteiger partial charge in [0, 0.05) is 17.6 Å². The topological polar surface area (TPSA) is 61.4 Å². The lowest BCUT2D eigenvalue weighted by Gasteiger charge is -2.22. The highest BCUT2D eigenvalue weighted by Crippen LogP contribution is 2.15. The van der Waals surface area contributed by atoms with Gasteiger partial charge < -0.3 is 10.6 Å². The van der Waals surface area contributed by atoms with Crippen molar-refractivity contribution in [2.75, 3.05) is 18.4 Å². The Morgan fingerprint density at radius 3 is 2.33 bits per heavy atom. The normalized spacial score (nSPS) is 12.8. The monoisotopic (exact) mass is 333 g/mol. The standard InChI is InChI=1S/C19H31N3O2/c1-7-22(8-2)13-15-10-9-11-16(12-15)21-17(23)14(3)20-18(24)19(4,5)6/h9-12,14H,7-8,13H2,1-6H3,(H,20,24)(H,21,23)/t14-/m0/s1. The van der Waals surface area contributed by atoms with E-state index in [0.717, 1.165) is 30.9 Å². The van der Waals surface area contributed by atoms with Crippen molar-refractivity contribution >= 4 is 17.5 Å². The second-order valence-electron chi connectivity index (χ2n) is 7.10. The molecule has 0 saturated carbocycles. The molecule has 0 aliphatic heterocycles. The maximum atomic E-state index is 12.3. The lowest BCUT2D eigenvalue weighted by Crippen LogP contribution is -2.46. The molecule has 0 heterocycles. The molecule has 0 aliphatic rings. The third-order valence-corrected chi connectivity index (χ3v) is 3.92. The van der Waals surface area contributed by atoms with E-state index >= 15 is 0 Å². The molecule has 0 aromatic heterocycles. The predicted octanol–water partition coefficient (Wildman–Crippen LogP) is 3.02. The van der Waals surface area contributed by atoms with E-state index in [4.69, 9.17) is 0 Å². The zero-order valence-corrected chi connectivity index (χ0v) is 15.8. The van der Waals surface area contributed by atoms with E-state index in [-0.39, 0.29) is 11.8 Å². The molecule has 1 rings (SSSR count). The molecule has 2 N–H and O–H groups in total. The number of hydrogen-bond donors (Lipinski definition) is 2. The summed E-state index contributed by atoms with van der Waals surface area (Å²) in [6.07, 6.45) is 0. The highest BCUT2D eigenvalue weighted by molar-refractivity contribution is 5.97. The van der Waals surface area contributed by atoms with Crippen molar-refractivity contribution in [1.29, 1.82) is 0 Å². The van der Waals surface area contributed by atoms with E-state index in [0.29, 0.717) is 0 Å². The molecule has 0 radical (unpaired) electrons. The van der Waals surface area contributed by atoms with Crippen LogP contribution in [0.2, 0.25) is 0 Å². The van der Waals surface area contributed by atoms with Crippen LogP contribution >= 0.6 is 0 Å². The summed E-state index contributed by atoms with van der Waals surface area (Å²) >= 11 is 0. The number of anilines is 1. The van der Waals surface area contributed by atoms with Crippen molar-refractivity contribution in [1.82, 2.24) is 10.2 Å². The first-order valence-corrected chi connectivity index (χ1v) is 8.60. The maximum Gasteiger partial charge on any atom is 0.246 e. The van der Waals surface area contributed by atoms with Gasteiger partial charge in [-0.15, -0.1) is 0 Å². The Morgan fingerprint density at radius 2 is 1.79 bits per heavy atom. The molecule has 0 saturated heterocycles. The summed E-state index contributed by atoms with van der Waals surface area (Å²) in [5.74, 6) is -0.354. The Balaban J connectivity index is 2.68. The Morgan fingerprint density at radius 1 is 1.17 bits per heavy atom. The SMILES string of the molecule is CCN(CC)Cc1cccc(NC(=O)[C@H](C)NC(=O)C(C)(C)C)c1. The third-order valence-electron chi connectivity index (χ3n) is 3.92. The quantitative estimate of drug-likeness (QED) is 0.806. The van der Waals surface area contributed by atoms with Crippen LogP contribution in [0.5, 0.6) is 0 Å². The van der Waals surface area contributed by atoms with Crippen LogP contribution in [0.1, 0.15) is 47.1 Å². The van der Waals surface area contributed by atoms with Crippen molar-refractivity contribution in [3.63, 3.8) is 0 Å². The van der Waals surface area contributed by atoms with Crippen LogP contribution in [0.3, 0.4) is 0 Å². The molecule has 1 atom stereocenters. The average molecular weight is 333 g/mol. The van der Waals surface area contributed by atoms with Crippen molar-refractivity contribution in [2.45, 2.75) is 54.1 Å². The molecule has 134 valence electrons. The number of hydrogen-bond acceptors (Lipinski definition) is 3. The first-order chi connectivity index (χ1) is 11.2. The van der Waals surface area contributed by atoms with Gasteiger partial charge >= 0.3 is 0 Å². The Labute approximate surface area is 145 Å². The first-order valence-electron chi connectivity index (χ1n) is 8.60. The van der Waals surface area contributed by atoms with E-state index in [9.17, 15) is 9.59 Å². The van der Waals surface area contributed by atoms with Crippen LogP contribution in [-0.2, 0) is 16.1 Å². The van der Waals surface area contributed by atoms with Gasteiger partial charge in [-0.2, -0.15) is 0 Å². The summed E-state index contributed by atoms with van der Waals surface area (Å²) in [7, 11) is 0. The molecule has 0 aliphatic carbocycles. The summed E-state index contributed by atoms with van der Waals surface area (Å²) in [5.41, 5.74) is 1.39. The molecule has 0 spiro atoms. The zero-order valence-electron chi connectivity index (χ0n) is 15.8. The zero-order chi connectivity index (χ0) is 18.3. The molecular weight excluding hydrogens is 302 g/mol. The minimum Gasteiger partial charge on any atom is -0.344 e. The Hall–Kier alpha value is -1.88. The van der Waals surface area contributed by atoms with Crippen molar-refractivity contribution in [3.05, 3.63) is 29.8 Å². The molecule has 24 heavy (non-hydrogen) atoms. The first kappa shape index (κ1) is 20.2. The molecule has 0 unspecified atom stereocenters. The fraction of sp³-hybridized carbons (Fsp3) is 0.579. The van der Waals surface area contributed by atoms with Gasteiger partial charge in [0.1, 0.15) is 6.04 Å². The number of nitrogens with one attached hydrogen (secondary N) is 2. The summed E-state index contributed by atoms with van der Waals surface area (Å²) in [5, 5.41) is 5.62. The molecule has 1 aromatic carbocycles. The average Bonchev–Trinajstić information content (AvgIpc) is 2.51. The van der Waals surface area contributed by atoms with Gasteiger partial charge in [0.05, 0.1) is 0 Å². The van der Waals surface area contributed by atoms with Crippen molar-refractivity contribution in [3.8, 4) is 0 Å². The summed E-state index contributed by atoms with van der Waals surface area (Å²) in [6, 6.07) is 7.25. The largest absolute Gasteiger partial charge is 0.344 e. The van der Waals surface area contributed by atoms with E-state index in [1.807, 2.05) is 39.0 Å². The van der Waals surface area contributed by atoms with Gasteiger partial charge in [0.15, 0.2) is 0 Å². The van der Waals surface area contributed by atoms with Gasteiger partial charge in [-0.05, 0) is 37.7 Å². The number of carbonyl (C=O) groups is 2. The summed E-state index contributed by atoms with van der Waals surface area (Å²) in [6.45, 7) is 14.3. The molecule has 0 fully saturated rings. The van der Waals surface area contributed by atoms with Gasteiger partial charge in [0.25, 0.3) is 0 Å². The summed E-state index contributed by atoms with van der Waals surface area (Å²) < 4.78 is 0. The van der Waals surface area contributed by atoms with Crippen molar-refractivity contribution in [2.24, 2.45) is 5.41 Å². The second kappa shape index (κ2) is 8.83. The Kier molecular flexibility index (Phi) is 7.42.